The van der Waals surface area contributed by atoms with Crippen LogP contribution in [0, 0.1) is 0 Å². The lowest BCUT2D eigenvalue weighted by atomic mass is 10.1. The lowest BCUT2D eigenvalue weighted by Crippen LogP contribution is -2.12. The highest BCUT2D eigenvalue weighted by atomic mass is 35.7. The monoisotopic (exact) mass is 277 g/mol. The molecule has 0 N–H and O–H groups in total. The first-order valence-corrected chi connectivity index (χ1v) is 7.52. The summed E-state index contributed by atoms with van der Waals surface area (Å²) in [6, 6.07) is 5.27. The first-order valence-electron chi connectivity index (χ1n) is 5.04. The molecule has 0 aliphatic heterocycles. The van der Waals surface area contributed by atoms with Gasteiger partial charge in [0.05, 0.1) is 12.9 Å². The third-order valence-corrected chi connectivity index (χ3v) is 3.18. The zero-order valence-electron chi connectivity index (χ0n) is 10.1. The Morgan fingerprint density at radius 3 is 2.47 bits per heavy atom. The SMILES string of the molecule is COc1ccc(CS(=O)(=O)Cl)cc1CN(C)C. The van der Waals surface area contributed by atoms with Gasteiger partial charge in [0.15, 0.2) is 0 Å². The van der Waals surface area contributed by atoms with Gasteiger partial charge in [0.25, 0.3) is 0 Å². The Bertz CT molecular complexity index is 485. The normalized spacial score (nSPS) is 11.8. The molecule has 4 nitrogen and oxygen atoms in total. The van der Waals surface area contributed by atoms with E-state index in [0.29, 0.717) is 12.1 Å². The smallest absolute Gasteiger partial charge is 0.236 e. The lowest BCUT2D eigenvalue weighted by molar-refractivity contribution is 0.371. The van der Waals surface area contributed by atoms with E-state index in [9.17, 15) is 8.42 Å². The quantitative estimate of drug-likeness (QED) is 0.771. The van der Waals surface area contributed by atoms with Gasteiger partial charge in [-0.1, -0.05) is 6.07 Å². The van der Waals surface area contributed by atoms with E-state index < -0.39 is 9.05 Å². The summed E-state index contributed by atoms with van der Waals surface area (Å²) in [7, 11) is 7.17. The van der Waals surface area contributed by atoms with Gasteiger partial charge in [0.2, 0.25) is 9.05 Å². The van der Waals surface area contributed by atoms with E-state index in [1.807, 2.05) is 19.0 Å². The number of nitrogens with zero attached hydrogens (tertiary/aromatic N) is 1. The van der Waals surface area contributed by atoms with E-state index in [-0.39, 0.29) is 5.75 Å². The average Bonchev–Trinajstić information content (AvgIpc) is 2.14. The maximum atomic E-state index is 11.0. The van der Waals surface area contributed by atoms with Gasteiger partial charge in [0, 0.05) is 22.8 Å². The number of ether oxygens (including phenoxy) is 1. The van der Waals surface area contributed by atoms with Gasteiger partial charge in [-0.2, -0.15) is 0 Å². The van der Waals surface area contributed by atoms with Gasteiger partial charge in [-0.3, -0.25) is 0 Å². The van der Waals surface area contributed by atoms with Crippen molar-refractivity contribution in [3.63, 3.8) is 0 Å². The first kappa shape index (κ1) is 14.3. The maximum Gasteiger partial charge on any atom is 0.236 e. The summed E-state index contributed by atoms with van der Waals surface area (Å²) in [5.41, 5.74) is 1.60. The molecule has 0 bridgehead atoms. The molecule has 0 aromatic heterocycles. The minimum Gasteiger partial charge on any atom is -0.496 e. The zero-order valence-corrected chi connectivity index (χ0v) is 11.7. The second kappa shape index (κ2) is 5.71. The largest absolute Gasteiger partial charge is 0.496 e. The van der Waals surface area contributed by atoms with Crippen molar-refractivity contribution in [2.24, 2.45) is 0 Å². The Balaban J connectivity index is 3.04. The van der Waals surface area contributed by atoms with E-state index in [1.54, 1.807) is 25.3 Å². The van der Waals surface area contributed by atoms with Crippen LogP contribution in [0.4, 0.5) is 0 Å². The van der Waals surface area contributed by atoms with Crippen LogP contribution in [-0.2, 0) is 21.3 Å². The minimum atomic E-state index is -3.52. The molecule has 0 radical (unpaired) electrons. The van der Waals surface area contributed by atoms with E-state index in [0.717, 1.165) is 11.3 Å². The van der Waals surface area contributed by atoms with Crippen molar-refractivity contribution >= 4 is 19.7 Å². The van der Waals surface area contributed by atoms with Crippen LogP contribution in [0.1, 0.15) is 11.1 Å². The second-order valence-electron chi connectivity index (χ2n) is 4.07. The molecule has 0 aliphatic carbocycles. The van der Waals surface area contributed by atoms with E-state index in [1.165, 1.54) is 0 Å². The summed E-state index contributed by atoms with van der Waals surface area (Å²) in [5, 5.41) is 0. The van der Waals surface area contributed by atoms with Gasteiger partial charge >= 0.3 is 0 Å². The minimum absolute atomic E-state index is 0.168. The molecule has 0 amide bonds. The molecule has 0 spiro atoms. The van der Waals surface area contributed by atoms with E-state index in [2.05, 4.69) is 0 Å². The Labute approximate surface area is 107 Å². The van der Waals surface area contributed by atoms with Crippen molar-refractivity contribution in [3.8, 4) is 5.75 Å². The predicted octanol–water partition coefficient (Wildman–Crippen LogP) is 1.83. The Morgan fingerprint density at radius 1 is 1.35 bits per heavy atom. The Morgan fingerprint density at radius 2 is 2.00 bits per heavy atom. The molecule has 0 heterocycles. The highest BCUT2D eigenvalue weighted by molar-refractivity contribution is 8.13. The number of halogens is 1. The van der Waals surface area contributed by atoms with Crippen molar-refractivity contribution in [2.45, 2.75) is 12.3 Å². The van der Waals surface area contributed by atoms with Crippen LogP contribution >= 0.6 is 10.7 Å². The van der Waals surface area contributed by atoms with Gasteiger partial charge < -0.3 is 9.64 Å². The fourth-order valence-corrected chi connectivity index (χ4v) is 2.54. The third kappa shape index (κ3) is 4.93. The predicted molar refractivity (Wildman–Crippen MR) is 68.9 cm³/mol. The van der Waals surface area contributed by atoms with E-state index >= 15 is 0 Å². The highest BCUT2D eigenvalue weighted by Crippen LogP contribution is 2.22. The summed E-state index contributed by atoms with van der Waals surface area (Å²) < 4.78 is 27.2. The fourth-order valence-electron chi connectivity index (χ4n) is 1.59. The molecule has 0 fully saturated rings. The second-order valence-corrected chi connectivity index (χ2v) is 6.84. The molecule has 17 heavy (non-hydrogen) atoms. The van der Waals surface area contributed by atoms with Crippen LogP contribution in [0.25, 0.3) is 0 Å². The van der Waals surface area contributed by atoms with Crippen molar-refractivity contribution in [2.75, 3.05) is 21.2 Å². The summed E-state index contributed by atoms with van der Waals surface area (Å²) in [4.78, 5) is 1.98. The maximum absolute atomic E-state index is 11.0. The fraction of sp³-hybridized carbons (Fsp3) is 0.455. The topological polar surface area (TPSA) is 46.6 Å². The molecule has 1 aromatic carbocycles. The molecule has 96 valence electrons. The van der Waals surface area contributed by atoms with E-state index in [4.69, 9.17) is 15.4 Å². The molecule has 1 aromatic rings. The number of hydrogen-bond donors (Lipinski definition) is 0. The van der Waals surface area contributed by atoms with Crippen molar-refractivity contribution < 1.29 is 13.2 Å². The highest BCUT2D eigenvalue weighted by Gasteiger charge is 2.10. The summed E-state index contributed by atoms with van der Waals surface area (Å²) in [5.74, 6) is 0.577. The molecular weight excluding hydrogens is 262 g/mol. The van der Waals surface area contributed by atoms with Crippen LogP contribution in [0.15, 0.2) is 18.2 Å². The Hall–Kier alpha value is -0.780. The van der Waals surface area contributed by atoms with Crippen molar-refractivity contribution in [3.05, 3.63) is 29.3 Å². The third-order valence-electron chi connectivity index (χ3n) is 2.17. The Kier molecular flexibility index (Phi) is 4.80. The average molecular weight is 278 g/mol. The zero-order chi connectivity index (χ0) is 13.1. The summed E-state index contributed by atoms with van der Waals surface area (Å²) >= 11 is 0. The molecule has 0 unspecified atom stereocenters. The number of rotatable bonds is 5. The molecule has 0 saturated carbocycles. The van der Waals surface area contributed by atoms with Crippen LogP contribution in [-0.4, -0.2) is 34.5 Å². The van der Waals surface area contributed by atoms with Gasteiger partial charge in [-0.15, -0.1) is 0 Å². The van der Waals surface area contributed by atoms with Gasteiger partial charge in [-0.05, 0) is 31.8 Å². The van der Waals surface area contributed by atoms with Crippen LogP contribution in [0.5, 0.6) is 5.75 Å². The van der Waals surface area contributed by atoms with Crippen LogP contribution < -0.4 is 4.74 Å². The van der Waals surface area contributed by atoms with Crippen LogP contribution in [0.3, 0.4) is 0 Å². The lowest BCUT2D eigenvalue weighted by Gasteiger charge is -2.14. The van der Waals surface area contributed by atoms with Gasteiger partial charge in [0.1, 0.15) is 5.75 Å². The number of methoxy groups -OCH3 is 1. The summed E-state index contributed by atoms with van der Waals surface area (Å²) in [6.45, 7) is 0.680. The molecule has 0 saturated heterocycles. The van der Waals surface area contributed by atoms with Crippen molar-refractivity contribution in [1.29, 1.82) is 0 Å². The number of hydrogen-bond acceptors (Lipinski definition) is 4. The molecule has 0 aliphatic rings. The molecule has 0 atom stereocenters. The standard InChI is InChI=1S/C11H16ClNO3S/c1-13(2)7-10-6-9(8-17(12,14)15)4-5-11(10)16-3/h4-6H,7-8H2,1-3H3. The molecule has 1 rings (SSSR count). The van der Waals surface area contributed by atoms with Crippen molar-refractivity contribution in [1.82, 2.24) is 4.90 Å². The summed E-state index contributed by atoms with van der Waals surface area (Å²) in [6.07, 6.45) is 0. The molecule has 6 heteroatoms. The number of benzene rings is 1. The van der Waals surface area contributed by atoms with Crippen LogP contribution in [0.2, 0.25) is 0 Å². The van der Waals surface area contributed by atoms with Gasteiger partial charge in [-0.25, -0.2) is 8.42 Å². The molecular formula is C11H16ClNO3S. The first-order chi connectivity index (χ1) is 7.81.